The Labute approximate surface area is 240 Å². The van der Waals surface area contributed by atoms with Gasteiger partial charge in [0.2, 0.25) is 11.8 Å². The number of nitrogens with one attached hydrogen (secondary N) is 3. The van der Waals surface area contributed by atoms with Crippen LogP contribution in [-0.4, -0.2) is 64.1 Å². The molecular weight excluding hydrogens is 510 g/mol. The Morgan fingerprint density at radius 1 is 0.800 bits per heavy atom. The number of hydrogen-bond acceptors (Lipinski definition) is 6. The Morgan fingerprint density at radius 3 is 1.95 bits per heavy atom. The van der Waals surface area contributed by atoms with E-state index in [1.54, 1.807) is 27.7 Å². The van der Waals surface area contributed by atoms with Gasteiger partial charge in [0.1, 0.15) is 17.7 Å². The second-order valence-corrected chi connectivity index (χ2v) is 12.6. The molecule has 0 saturated heterocycles. The molecule has 228 valence electrons. The number of alkyl carbamates (subject to hydrolysis) is 1. The molecule has 0 aliphatic heterocycles. The average molecular weight is 564 g/mol. The predicted molar refractivity (Wildman–Crippen MR) is 158 cm³/mol. The van der Waals surface area contributed by atoms with Crippen molar-refractivity contribution in [2.24, 2.45) is 11.8 Å². The minimum absolute atomic E-state index is 0.212. The fourth-order valence-electron chi connectivity index (χ4n) is 4.25. The van der Waals surface area contributed by atoms with E-state index in [1.165, 1.54) is 0 Å². The highest BCUT2D eigenvalue weighted by Gasteiger charge is 2.29. The molecule has 9 heteroatoms. The van der Waals surface area contributed by atoms with E-state index in [-0.39, 0.29) is 12.3 Å². The molecule has 0 saturated carbocycles. The first-order valence-electron chi connectivity index (χ1n) is 14.6. The first-order valence-corrected chi connectivity index (χ1v) is 14.6. The summed E-state index contributed by atoms with van der Waals surface area (Å²) in [5, 5.41) is 29.4. The van der Waals surface area contributed by atoms with Gasteiger partial charge in [0.15, 0.2) is 0 Å². The topological polar surface area (TPSA) is 137 Å². The van der Waals surface area contributed by atoms with Gasteiger partial charge < -0.3 is 30.9 Å². The zero-order valence-electron chi connectivity index (χ0n) is 25.7. The quantitative estimate of drug-likeness (QED) is 0.205. The van der Waals surface area contributed by atoms with Crippen molar-refractivity contribution in [1.29, 1.82) is 0 Å². The predicted octanol–water partition coefficient (Wildman–Crippen LogP) is 4.10. The van der Waals surface area contributed by atoms with Crippen LogP contribution in [0.3, 0.4) is 0 Å². The highest BCUT2D eigenvalue weighted by Crippen LogP contribution is 2.17. The van der Waals surface area contributed by atoms with Gasteiger partial charge >= 0.3 is 6.09 Å². The molecule has 1 aromatic rings. The molecule has 0 aliphatic rings. The summed E-state index contributed by atoms with van der Waals surface area (Å²) in [4.78, 5) is 38.7. The zero-order valence-corrected chi connectivity index (χ0v) is 25.7. The first-order chi connectivity index (χ1) is 18.6. The van der Waals surface area contributed by atoms with E-state index in [4.69, 9.17) is 4.74 Å². The van der Waals surface area contributed by atoms with Gasteiger partial charge in [-0.2, -0.15) is 0 Å². The molecule has 40 heavy (non-hydrogen) atoms. The molecule has 0 aliphatic carbocycles. The molecule has 9 nitrogen and oxygen atoms in total. The second-order valence-electron chi connectivity index (χ2n) is 12.6. The maximum Gasteiger partial charge on any atom is 0.408 e. The third-order valence-electron chi connectivity index (χ3n) is 6.43. The Bertz CT molecular complexity index is 900. The maximum atomic E-state index is 13.2. The zero-order chi connectivity index (χ0) is 30.5. The first kappa shape index (κ1) is 35.4. The van der Waals surface area contributed by atoms with E-state index < -0.39 is 53.8 Å². The second kappa shape index (κ2) is 17.2. The number of aliphatic hydroxyl groups excluding tert-OH is 2. The van der Waals surface area contributed by atoms with Crippen LogP contribution in [0.15, 0.2) is 30.3 Å². The van der Waals surface area contributed by atoms with Crippen molar-refractivity contribution in [2.45, 2.75) is 130 Å². The van der Waals surface area contributed by atoms with Crippen molar-refractivity contribution in [3.05, 3.63) is 35.9 Å². The molecule has 0 fully saturated rings. The van der Waals surface area contributed by atoms with Gasteiger partial charge in [0.25, 0.3) is 0 Å². The number of carbonyl (C=O) groups is 3. The van der Waals surface area contributed by atoms with Gasteiger partial charge in [-0.15, -0.1) is 0 Å². The summed E-state index contributed by atoms with van der Waals surface area (Å²) in [6, 6.07) is 6.86. The molecule has 3 amide bonds. The highest BCUT2D eigenvalue weighted by atomic mass is 16.6. The largest absolute Gasteiger partial charge is 0.444 e. The minimum atomic E-state index is -0.961. The highest BCUT2D eigenvalue weighted by molar-refractivity contribution is 5.91. The summed E-state index contributed by atoms with van der Waals surface area (Å²) in [5.41, 5.74) is 0.105. The summed E-state index contributed by atoms with van der Waals surface area (Å²) >= 11 is 0. The standard InChI is InChI=1S/C31H53N3O6/c1-20(2)14-15-24(35)16-17-27(36)25(18-21(3)4)33-28(37)22(5)32-29(38)26(19-23-12-10-9-11-13-23)34-30(39)40-31(6,7)8/h9-13,20-22,24-27,35-36H,14-19H2,1-8H3,(H,32,38)(H,33,37)(H,34,39)/t22-,24?,25-,26-,27-/m0/s1. The number of hydrogen-bond donors (Lipinski definition) is 5. The summed E-state index contributed by atoms with van der Waals surface area (Å²) in [7, 11) is 0. The molecule has 0 heterocycles. The van der Waals surface area contributed by atoms with Crippen LogP contribution in [0.4, 0.5) is 4.79 Å². The van der Waals surface area contributed by atoms with Gasteiger partial charge in [-0.25, -0.2) is 4.79 Å². The van der Waals surface area contributed by atoms with Crippen molar-refractivity contribution in [3.63, 3.8) is 0 Å². The van der Waals surface area contributed by atoms with Crippen LogP contribution in [-0.2, 0) is 20.7 Å². The molecule has 5 N–H and O–H groups in total. The van der Waals surface area contributed by atoms with Gasteiger partial charge in [-0.05, 0) is 77.2 Å². The number of ether oxygens (including phenoxy) is 1. The van der Waals surface area contributed by atoms with Crippen LogP contribution in [0, 0.1) is 11.8 Å². The van der Waals surface area contributed by atoms with Gasteiger partial charge in [-0.3, -0.25) is 9.59 Å². The van der Waals surface area contributed by atoms with Gasteiger partial charge in [0.05, 0.1) is 18.2 Å². The number of rotatable bonds is 16. The fraction of sp³-hybridized carbons (Fsp3) is 0.710. The smallest absolute Gasteiger partial charge is 0.408 e. The molecule has 1 unspecified atom stereocenters. The monoisotopic (exact) mass is 563 g/mol. The van der Waals surface area contributed by atoms with E-state index in [9.17, 15) is 24.6 Å². The Hall–Kier alpha value is -2.65. The summed E-state index contributed by atoms with van der Waals surface area (Å²) in [5.74, 6) is -0.249. The molecule has 0 bridgehead atoms. The van der Waals surface area contributed by atoms with Crippen molar-refractivity contribution in [3.8, 4) is 0 Å². The Kier molecular flexibility index (Phi) is 15.2. The van der Waals surface area contributed by atoms with E-state index in [2.05, 4.69) is 29.8 Å². The number of aliphatic hydroxyl groups is 2. The molecule has 0 radical (unpaired) electrons. The third-order valence-corrected chi connectivity index (χ3v) is 6.43. The van der Waals surface area contributed by atoms with Crippen LogP contribution in [0.1, 0.15) is 93.1 Å². The number of benzene rings is 1. The van der Waals surface area contributed by atoms with Crippen molar-refractivity contribution < 1.29 is 29.3 Å². The molecular formula is C31H53N3O6. The fourth-order valence-corrected chi connectivity index (χ4v) is 4.25. The average Bonchev–Trinajstić information content (AvgIpc) is 2.84. The lowest BCUT2D eigenvalue weighted by Crippen LogP contribution is -2.56. The maximum absolute atomic E-state index is 13.2. The SMILES string of the molecule is CC(C)CCC(O)CC[C@H](O)[C@H](CC(C)C)NC(=O)[C@H](C)NC(=O)[C@H](Cc1ccccc1)NC(=O)OC(C)(C)C. The van der Waals surface area contributed by atoms with Crippen molar-refractivity contribution >= 4 is 17.9 Å². The molecule has 5 atom stereocenters. The van der Waals surface area contributed by atoms with Crippen LogP contribution in [0.5, 0.6) is 0 Å². The van der Waals surface area contributed by atoms with E-state index in [0.29, 0.717) is 31.6 Å². The molecule has 0 aromatic heterocycles. The normalized spacial score (nSPS) is 15.6. The van der Waals surface area contributed by atoms with Crippen LogP contribution < -0.4 is 16.0 Å². The lowest BCUT2D eigenvalue weighted by Gasteiger charge is -2.28. The summed E-state index contributed by atoms with van der Waals surface area (Å²) in [6.45, 7) is 15.0. The van der Waals surface area contributed by atoms with E-state index >= 15 is 0 Å². The Balaban J connectivity index is 2.85. The third kappa shape index (κ3) is 15.2. The molecule has 1 aromatic carbocycles. The van der Waals surface area contributed by atoms with Crippen molar-refractivity contribution in [2.75, 3.05) is 0 Å². The van der Waals surface area contributed by atoms with E-state index in [0.717, 1.165) is 12.0 Å². The summed E-state index contributed by atoms with van der Waals surface area (Å²) < 4.78 is 5.34. The summed E-state index contributed by atoms with van der Waals surface area (Å²) in [6.07, 6.45) is 1.10. The minimum Gasteiger partial charge on any atom is -0.444 e. The number of carbonyl (C=O) groups excluding carboxylic acids is 3. The van der Waals surface area contributed by atoms with Gasteiger partial charge in [-0.1, -0.05) is 58.0 Å². The van der Waals surface area contributed by atoms with Crippen LogP contribution in [0.2, 0.25) is 0 Å². The molecule has 1 rings (SSSR count). The number of amides is 3. The lowest BCUT2D eigenvalue weighted by atomic mass is 9.94. The molecule has 0 spiro atoms. The van der Waals surface area contributed by atoms with Crippen LogP contribution in [0.25, 0.3) is 0 Å². The van der Waals surface area contributed by atoms with E-state index in [1.807, 2.05) is 44.2 Å². The lowest BCUT2D eigenvalue weighted by molar-refractivity contribution is -0.130. The van der Waals surface area contributed by atoms with Crippen molar-refractivity contribution in [1.82, 2.24) is 16.0 Å². The van der Waals surface area contributed by atoms with Gasteiger partial charge in [0, 0.05) is 6.42 Å². The van der Waals surface area contributed by atoms with Crippen LogP contribution >= 0.6 is 0 Å². The Morgan fingerprint density at radius 2 is 1.40 bits per heavy atom.